The summed E-state index contributed by atoms with van der Waals surface area (Å²) in [6.07, 6.45) is 4.04. The van der Waals surface area contributed by atoms with E-state index >= 15 is 0 Å². The van der Waals surface area contributed by atoms with Crippen LogP contribution in [0, 0.1) is 11.8 Å². The molecule has 0 saturated heterocycles. The number of methoxy groups -OCH3 is 1. The maximum Gasteiger partial charge on any atom is 0.306 e. The Balaban J connectivity index is 2.48. The van der Waals surface area contributed by atoms with Crippen molar-refractivity contribution in [3.8, 4) is 0 Å². The van der Waals surface area contributed by atoms with Crippen LogP contribution in [0.25, 0.3) is 0 Å². The van der Waals surface area contributed by atoms with Gasteiger partial charge in [-0.05, 0) is 46.1 Å². The summed E-state index contributed by atoms with van der Waals surface area (Å²) < 4.78 is 5.43. The molecule has 0 radical (unpaired) electrons. The first-order valence-electron chi connectivity index (χ1n) is 6.90. The van der Waals surface area contributed by atoms with Gasteiger partial charge in [0.2, 0.25) is 0 Å². The smallest absolute Gasteiger partial charge is 0.306 e. The van der Waals surface area contributed by atoms with Crippen LogP contribution < -0.4 is 5.32 Å². The Hall–Kier alpha value is -0.610. The van der Waals surface area contributed by atoms with Gasteiger partial charge in [-0.15, -0.1) is 0 Å². The van der Waals surface area contributed by atoms with Gasteiger partial charge in [0.05, 0.1) is 11.5 Å². The van der Waals surface area contributed by atoms with Gasteiger partial charge in [0.15, 0.2) is 0 Å². The van der Waals surface area contributed by atoms with Gasteiger partial charge in [0.1, 0.15) is 0 Å². The summed E-state index contributed by atoms with van der Waals surface area (Å²) in [6.45, 7) is 6.94. The number of aliphatic carboxylic acids is 1. The van der Waals surface area contributed by atoms with Crippen LogP contribution in [0.2, 0.25) is 0 Å². The second-order valence-corrected chi connectivity index (χ2v) is 5.93. The first-order valence-corrected chi connectivity index (χ1v) is 6.90. The standard InChI is InChI=1S/C14H27NO3/c1-10(14(2,3)18-4)15-9-11-7-5-6-8-12(11)13(16)17/h10-12,15H,5-9H2,1-4H3,(H,16,17). The van der Waals surface area contributed by atoms with E-state index in [2.05, 4.69) is 12.2 Å². The Morgan fingerprint density at radius 1 is 1.44 bits per heavy atom. The van der Waals surface area contributed by atoms with E-state index < -0.39 is 5.97 Å². The average Bonchev–Trinajstić information content (AvgIpc) is 2.36. The van der Waals surface area contributed by atoms with Crippen LogP contribution in [0.3, 0.4) is 0 Å². The van der Waals surface area contributed by atoms with Crippen molar-refractivity contribution in [1.29, 1.82) is 0 Å². The number of rotatable bonds is 6. The maximum atomic E-state index is 11.2. The molecule has 0 aromatic carbocycles. The van der Waals surface area contributed by atoms with Crippen LogP contribution in [-0.4, -0.2) is 36.4 Å². The van der Waals surface area contributed by atoms with E-state index in [1.807, 2.05) is 13.8 Å². The van der Waals surface area contributed by atoms with Gasteiger partial charge < -0.3 is 15.2 Å². The molecule has 0 aromatic heterocycles. The van der Waals surface area contributed by atoms with E-state index in [0.29, 0.717) is 0 Å². The van der Waals surface area contributed by atoms with Crippen LogP contribution in [0.15, 0.2) is 0 Å². The second kappa shape index (κ2) is 6.53. The molecule has 1 rings (SSSR count). The van der Waals surface area contributed by atoms with Gasteiger partial charge >= 0.3 is 5.97 Å². The lowest BCUT2D eigenvalue weighted by atomic mass is 9.79. The van der Waals surface area contributed by atoms with Crippen LogP contribution in [0.4, 0.5) is 0 Å². The number of ether oxygens (including phenoxy) is 1. The third-order valence-electron chi connectivity index (χ3n) is 4.48. The fourth-order valence-corrected chi connectivity index (χ4v) is 2.53. The summed E-state index contributed by atoms with van der Waals surface area (Å²) in [5.41, 5.74) is -0.229. The molecule has 4 heteroatoms. The Labute approximate surface area is 110 Å². The summed E-state index contributed by atoms with van der Waals surface area (Å²) in [7, 11) is 1.71. The van der Waals surface area contributed by atoms with Gasteiger partial charge in [-0.1, -0.05) is 12.8 Å². The van der Waals surface area contributed by atoms with E-state index in [1.54, 1.807) is 7.11 Å². The molecule has 2 N–H and O–H groups in total. The lowest BCUT2D eigenvalue weighted by Crippen LogP contribution is -2.48. The zero-order valence-corrected chi connectivity index (χ0v) is 12.0. The molecular weight excluding hydrogens is 230 g/mol. The second-order valence-electron chi connectivity index (χ2n) is 5.93. The molecule has 106 valence electrons. The molecule has 3 atom stereocenters. The summed E-state index contributed by atoms with van der Waals surface area (Å²) in [5.74, 6) is -0.560. The number of hydrogen-bond donors (Lipinski definition) is 2. The van der Waals surface area contributed by atoms with Crippen molar-refractivity contribution >= 4 is 5.97 Å². The predicted molar refractivity (Wildman–Crippen MR) is 71.6 cm³/mol. The van der Waals surface area contributed by atoms with Crippen molar-refractivity contribution in [3.05, 3.63) is 0 Å². The van der Waals surface area contributed by atoms with Crippen molar-refractivity contribution in [2.45, 2.75) is 58.1 Å². The molecule has 1 saturated carbocycles. The minimum Gasteiger partial charge on any atom is -0.481 e. The predicted octanol–water partition coefficient (Wildman–Crippen LogP) is 2.28. The summed E-state index contributed by atoms with van der Waals surface area (Å²) in [4.78, 5) is 11.2. The van der Waals surface area contributed by atoms with Crippen LogP contribution in [-0.2, 0) is 9.53 Å². The fraction of sp³-hybridized carbons (Fsp3) is 0.929. The summed E-state index contributed by atoms with van der Waals surface area (Å²) >= 11 is 0. The number of carboxylic acids is 1. The van der Waals surface area contributed by atoms with Crippen molar-refractivity contribution in [2.75, 3.05) is 13.7 Å². The van der Waals surface area contributed by atoms with Crippen molar-refractivity contribution in [1.82, 2.24) is 5.32 Å². The molecule has 0 aromatic rings. The number of nitrogens with one attached hydrogen (secondary N) is 1. The molecule has 0 heterocycles. The number of hydrogen-bond acceptors (Lipinski definition) is 3. The lowest BCUT2D eigenvalue weighted by molar-refractivity contribution is -0.144. The normalized spacial score (nSPS) is 26.9. The van der Waals surface area contributed by atoms with Crippen LogP contribution >= 0.6 is 0 Å². The third-order valence-corrected chi connectivity index (χ3v) is 4.48. The molecule has 4 nitrogen and oxygen atoms in total. The molecule has 3 unspecified atom stereocenters. The third kappa shape index (κ3) is 3.95. The molecule has 1 aliphatic carbocycles. The number of carbonyl (C=O) groups is 1. The maximum absolute atomic E-state index is 11.2. The highest BCUT2D eigenvalue weighted by molar-refractivity contribution is 5.70. The first kappa shape index (κ1) is 15.4. The van der Waals surface area contributed by atoms with Gasteiger partial charge in [-0.2, -0.15) is 0 Å². The zero-order chi connectivity index (χ0) is 13.8. The molecule has 0 bridgehead atoms. The van der Waals surface area contributed by atoms with Crippen molar-refractivity contribution in [3.63, 3.8) is 0 Å². The van der Waals surface area contributed by atoms with E-state index in [4.69, 9.17) is 4.74 Å². The zero-order valence-electron chi connectivity index (χ0n) is 12.0. The van der Waals surface area contributed by atoms with Gasteiger partial charge in [0, 0.05) is 13.2 Å². The van der Waals surface area contributed by atoms with Crippen LogP contribution in [0.5, 0.6) is 0 Å². The lowest BCUT2D eigenvalue weighted by Gasteiger charge is -2.34. The molecule has 1 aliphatic rings. The highest BCUT2D eigenvalue weighted by atomic mass is 16.5. The van der Waals surface area contributed by atoms with E-state index in [1.165, 1.54) is 0 Å². The molecule has 1 fully saturated rings. The molecule has 18 heavy (non-hydrogen) atoms. The van der Waals surface area contributed by atoms with E-state index in [-0.39, 0.29) is 23.5 Å². The van der Waals surface area contributed by atoms with Crippen molar-refractivity contribution in [2.24, 2.45) is 11.8 Å². The molecular formula is C14H27NO3. The number of carboxylic acid groups (broad SMARTS) is 1. The van der Waals surface area contributed by atoms with Gasteiger partial charge in [-0.25, -0.2) is 0 Å². The monoisotopic (exact) mass is 257 g/mol. The molecule has 0 amide bonds. The fourth-order valence-electron chi connectivity index (χ4n) is 2.53. The summed E-state index contributed by atoms with van der Waals surface area (Å²) in [5, 5.41) is 12.7. The van der Waals surface area contributed by atoms with Crippen molar-refractivity contribution < 1.29 is 14.6 Å². The Bertz CT molecular complexity index is 278. The quantitative estimate of drug-likeness (QED) is 0.766. The van der Waals surface area contributed by atoms with Gasteiger partial charge in [0.25, 0.3) is 0 Å². The highest BCUT2D eigenvalue weighted by Gasteiger charge is 2.32. The Morgan fingerprint density at radius 3 is 2.61 bits per heavy atom. The molecule has 0 aliphatic heterocycles. The topological polar surface area (TPSA) is 58.6 Å². The molecule has 0 spiro atoms. The summed E-state index contributed by atoms with van der Waals surface area (Å²) in [6, 6.07) is 0.207. The van der Waals surface area contributed by atoms with E-state index in [9.17, 15) is 9.90 Å². The van der Waals surface area contributed by atoms with Crippen LogP contribution in [0.1, 0.15) is 46.5 Å². The minimum atomic E-state index is -0.639. The highest BCUT2D eigenvalue weighted by Crippen LogP contribution is 2.30. The minimum absolute atomic E-state index is 0.177. The average molecular weight is 257 g/mol. The first-order chi connectivity index (χ1) is 8.38. The SMILES string of the molecule is COC(C)(C)C(C)NCC1CCCCC1C(=O)O. The Morgan fingerprint density at radius 2 is 2.06 bits per heavy atom. The van der Waals surface area contributed by atoms with E-state index in [0.717, 1.165) is 32.2 Å². The largest absolute Gasteiger partial charge is 0.481 e. The van der Waals surface area contributed by atoms with Gasteiger partial charge in [-0.3, -0.25) is 4.79 Å². The Kier molecular flexibility index (Phi) is 5.60.